The molecule has 4 nitrogen and oxygen atoms in total. The lowest BCUT2D eigenvalue weighted by atomic mass is 9.90. The van der Waals surface area contributed by atoms with Crippen molar-refractivity contribution in [2.45, 2.75) is 25.4 Å². The van der Waals surface area contributed by atoms with Gasteiger partial charge in [-0.1, -0.05) is 23.7 Å². The smallest absolute Gasteiger partial charge is 0.225 e. The Hall–Kier alpha value is -1.26. The van der Waals surface area contributed by atoms with Crippen LogP contribution in [0.15, 0.2) is 18.2 Å². The molecule has 0 saturated carbocycles. The molecule has 2 heterocycles. The van der Waals surface area contributed by atoms with Gasteiger partial charge in [-0.25, -0.2) is 0 Å². The predicted octanol–water partition coefficient (Wildman–Crippen LogP) is 1.77. The summed E-state index contributed by atoms with van der Waals surface area (Å²) in [5, 5.41) is 6.96. The second-order valence-corrected chi connectivity index (χ2v) is 5.94. The van der Waals surface area contributed by atoms with Crippen LogP contribution in [0.2, 0.25) is 5.02 Å². The molecule has 108 valence electrons. The number of carbonyl (C=O) groups is 1. The average molecular weight is 294 g/mol. The van der Waals surface area contributed by atoms with Crippen LogP contribution in [0, 0.1) is 5.92 Å². The van der Waals surface area contributed by atoms with E-state index in [1.54, 1.807) is 0 Å². The Bertz CT molecular complexity index is 520. The van der Waals surface area contributed by atoms with Gasteiger partial charge in [-0.3, -0.25) is 4.79 Å². The van der Waals surface area contributed by atoms with Crippen LogP contribution in [0.5, 0.6) is 0 Å². The molecule has 2 aliphatic heterocycles. The van der Waals surface area contributed by atoms with Crippen molar-refractivity contribution >= 4 is 23.2 Å². The van der Waals surface area contributed by atoms with E-state index in [2.05, 4.69) is 21.6 Å². The molecule has 2 aliphatic rings. The van der Waals surface area contributed by atoms with E-state index in [4.69, 9.17) is 11.6 Å². The summed E-state index contributed by atoms with van der Waals surface area (Å²) in [4.78, 5) is 14.2. The topological polar surface area (TPSA) is 44.4 Å². The highest BCUT2D eigenvalue weighted by atomic mass is 35.5. The molecular formula is C15H20ClN3O. The molecule has 0 aromatic heterocycles. The van der Waals surface area contributed by atoms with E-state index in [9.17, 15) is 4.79 Å². The third-order valence-electron chi connectivity index (χ3n) is 4.33. The number of carbonyl (C=O) groups excluding carboxylic acids is 1. The van der Waals surface area contributed by atoms with Crippen LogP contribution in [0.4, 0.5) is 5.69 Å². The molecule has 1 aromatic carbocycles. The van der Waals surface area contributed by atoms with Gasteiger partial charge in [0.1, 0.15) is 0 Å². The highest BCUT2D eigenvalue weighted by Crippen LogP contribution is 2.37. The third-order valence-corrected chi connectivity index (χ3v) is 4.63. The van der Waals surface area contributed by atoms with Gasteiger partial charge in [0.15, 0.2) is 0 Å². The molecule has 0 radical (unpaired) electrons. The minimum Gasteiger partial charge on any atom is -0.365 e. The monoisotopic (exact) mass is 293 g/mol. The number of benzene rings is 1. The standard InChI is InChI=1S/C15H20ClN3O/c1-17-8-10-4-2-6-12(16)14(10)19-7-3-5-11-13(19)9-18-15(11)20/h2,4,6,11,13,17H,3,5,7-9H2,1H3,(H,18,20). The van der Waals surface area contributed by atoms with Gasteiger partial charge in [0.2, 0.25) is 5.91 Å². The van der Waals surface area contributed by atoms with E-state index in [0.717, 1.165) is 43.2 Å². The first kappa shape index (κ1) is 13.7. The number of amides is 1. The normalized spacial score (nSPS) is 25.5. The molecule has 2 atom stereocenters. The maximum atomic E-state index is 11.9. The van der Waals surface area contributed by atoms with E-state index in [-0.39, 0.29) is 17.9 Å². The molecule has 2 fully saturated rings. The number of hydrogen-bond acceptors (Lipinski definition) is 3. The molecule has 2 N–H and O–H groups in total. The second-order valence-electron chi connectivity index (χ2n) is 5.53. The summed E-state index contributed by atoms with van der Waals surface area (Å²) in [5.41, 5.74) is 2.29. The molecule has 5 heteroatoms. The molecule has 2 saturated heterocycles. The number of anilines is 1. The van der Waals surface area contributed by atoms with Gasteiger partial charge in [-0.15, -0.1) is 0 Å². The summed E-state index contributed by atoms with van der Waals surface area (Å²) in [6.45, 7) is 2.48. The molecule has 20 heavy (non-hydrogen) atoms. The minimum absolute atomic E-state index is 0.113. The molecule has 3 rings (SSSR count). The number of nitrogens with one attached hydrogen (secondary N) is 2. The van der Waals surface area contributed by atoms with Gasteiger partial charge < -0.3 is 15.5 Å². The van der Waals surface area contributed by atoms with Crippen LogP contribution in [0.3, 0.4) is 0 Å². The number of rotatable bonds is 3. The van der Waals surface area contributed by atoms with E-state index < -0.39 is 0 Å². The van der Waals surface area contributed by atoms with Crippen LogP contribution in [-0.2, 0) is 11.3 Å². The molecule has 0 spiro atoms. The zero-order valence-electron chi connectivity index (χ0n) is 11.7. The Morgan fingerprint density at radius 2 is 2.35 bits per heavy atom. The van der Waals surface area contributed by atoms with Crippen LogP contribution in [0.1, 0.15) is 18.4 Å². The fraction of sp³-hybridized carbons (Fsp3) is 0.533. The lowest BCUT2D eigenvalue weighted by molar-refractivity contribution is -0.122. The van der Waals surface area contributed by atoms with Gasteiger partial charge in [0.05, 0.1) is 22.7 Å². The summed E-state index contributed by atoms with van der Waals surface area (Å²) in [5.74, 6) is 0.310. The highest BCUT2D eigenvalue weighted by Gasteiger charge is 2.41. The van der Waals surface area contributed by atoms with Crippen LogP contribution >= 0.6 is 11.6 Å². The van der Waals surface area contributed by atoms with Crippen molar-refractivity contribution in [3.63, 3.8) is 0 Å². The number of fused-ring (bicyclic) bond motifs is 1. The Morgan fingerprint density at radius 1 is 1.50 bits per heavy atom. The average Bonchev–Trinajstić information content (AvgIpc) is 2.82. The molecule has 2 unspecified atom stereocenters. The van der Waals surface area contributed by atoms with Crippen LogP contribution in [-0.4, -0.2) is 32.1 Å². The van der Waals surface area contributed by atoms with E-state index in [1.165, 1.54) is 5.56 Å². The Kier molecular flexibility index (Phi) is 3.85. The fourth-order valence-electron chi connectivity index (χ4n) is 3.44. The van der Waals surface area contributed by atoms with Crippen molar-refractivity contribution < 1.29 is 4.79 Å². The lowest BCUT2D eigenvalue weighted by Crippen LogP contribution is -2.46. The number of para-hydroxylation sites is 1. The third kappa shape index (κ3) is 2.27. The van der Waals surface area contributed by atoms with Gasteiger partial charge in [-0.05, 0) is 31.5 Å². The maximum absolute atomic E-state index is 11.9. The largest absolute Gasteiger partial charge is 0.365 e. The van der Waals surface area contributed by atoms with Crippen molar-refractivity contribution in [3.8, 4) is 0 Å². The van der Waals surface area contributed by atoms with Crippen LogP contribution in [0.25, 0.3) is 0 Å². The van der Waals surface area contributed by atoms with Crippen molar-refractivity contribution in [2.24, 2.45) is 5.92 Å². The van der Waals surface area contributed by atoms with E-state index in [1.807, 2.05) is 19.2 Å². The fourth-order valence-corrected chi connectivity index (χ4v) is 3.75. The van der Waals surface area contributed by atoms with Gasteiger partial charge in [0.25, 0.3) is 0 Å². The van der Waals surface area contributed by atoms with Gasteiger partial charge in [-0.2, -0.15) is 0 Å². The second kappa shape index (κ2) is 5.62. The quantitative estimate of drug-likeness (QED) is 0.893. The number of nitrogens with zero attached hydrogens (tertiary/aromatic N) is 1. The maximum Gasteiger partial charge on any atom is 0.225 e. The van der Waals surface area contributed by atoms with Gasteiger partial charge in [0, 0.05) is 19.6 Å². The minimum atomic E-state index is 0.113. The first-order valence-corrected chi connectivity index (χ1v) is 7.56. The Labute approximate surface area is 124 Å². The summed E-state index contributed by atoms with van der Waals surface area (Å²) in [7, 11) is 1.93. The first-order chi connectivity index (χ1) is 9.72. The zero-order valence-corrected chi connectivity index (χ0v) is 12.4. The van der Waals surface area contributed by atoms with E-state index >= 15 is 0 Å². The Balaban J connectivity index is 1.97. The highest BCUT2D eigenvalue weighted by molar-refractivity contribution is 6.33. The lowest BCUT2D eigenvalue weighted by Gasteiger charge is -2.39. The van der Waals surface area contributed by atoms with Crippen molar-refractivity contribution in [1.29, 1.82) is 0 Å². The molecular weight excluding hydrogens is 274 g/mol. The molecule has 0 bridgehead atoms. The van der Waals surface area contributed by atoms with Crippen molar-refractivity contribution in [1.82, 2.24) is 10.6 Å². The van der Waals surface area contributed by atoms with E-state index in [0.29, 0.717) is 0 Å². The number of hydrogen-bond donors (Lipinski definition) is 2. The number of halogens is 1. The summed E-state index contributed by atoms with van der Waals surface area (Å²) < 4.78 is 0. The van der Waals surface area contributed by atoms with Gasteiger partial charge >= 0.3 is 0 Å². The summed E-state index contributed by atoms with van der Waals surface area (Å²) in [6.07, 6.45) is 2.03. The van der Waals surface area contributed by atoms with Crippen molar-refractivity contribution in [2.75, 3.05) is 25.0 Å². The zero-order chi connectivity index (χ0) is 14.1. The summed E-state index contributed by atoms with van der Waals surface area (Å²) in [6, 6.07) is 6.26. The SMILES string of the molecule is CNCc1cccc(Cl)c1N1CCCC2C(=O)NCC21. The molecule has 0 aliphatic carbocycles. The molecule has 1 amide bonds. The molecule has 1 aromatic rings. The van der Waals surface area contributed by atoms with Crippen LogP contribution < -0.4 is 15.5 Å². The predicted molar refractivity (Wildman–Crippen MR) is 81.1 cm³/mol. The number of piperidine rings is 1. The van der Waals surface area contributed by atoms with Crippen molar-refractivity contribution in [3.05, 3.63) is 28.8 Å². The summed E-state index contributed by atoms with van der Waals surface area (Å²) >= 11 is 6.45. The first-order valence-electron chi connectivity index (χ1n) is 7.18. The Morgan fingerprint density at radius 3 is 3.15 bits per heavy atom.